The number of H-pyrrole nitrogens is 1. The molecule has 0 spiro atoms. The Morgan fingerprint density at radius 2 is 2.00 bits per heavy atom. The predicted octanol–water partition coefficient (Wildman–Crippen LogP) is 3.16. The molecule has 100 valence electrons. The topological polar surface area (TPSA) is 54.9 Å². The van der Waals surface area contributed by atoms with E-state index in [-0.39, 0.29) is 5.15 Å². The normalized spacial score (nSPS) is 10.7. The summed E-state index contributed by atoms with van der Waals surface area (Å²) < 4.78 is 1.61. The van der Waals surface area contributed by atoms with Gasteiger partial charge < -0.3 is 0 Å². The number of aromatic amines is 1. The molecule has 4 nitrogen and oxygen atoms in total. The van der Waals surface area contributed by atoms with Crippen molar-refractivity contribution in [2.24, 2.45) is 0 Å². The van der Waals surface area contributed by atoms with Crippen molar-refractivity contribution in [3.63, 3.8) is 0 Å². The van der Waals surface area contributed by atoms with E-state index in [1.807, 2.05) is 0 Å². The number of aromatic nitrogens is 2. The molecule has 0 aliphatic heterocycles. The molecule has 0 saturated carbocycles. The van der Waals surface area contributed by atoms with Gasteiger partial charge in [-0.25, -0.2) is 9.36 Å². The minimum atomic E-state index is -0.602. The molecular formula is C12H9BrCl2N2O2. The summed E-state index contributed by atoms with van der Waals surface area (Å²) in [6.45, 7) is 1.79. The lowest BCUT2D eigenvalue weighted by Crippen LogP contribution is -2.36. The highest BCUT2D eigenvalue weighted by Gasteiger charge is 2.14. The Kier molecular flexibility index (Phi) is 4.18. The molecule has 0 fully saturated rings. The Morgan fingerprint density at radius 1 is 1.32 bits per heavy atom. The molecule has 1 aromatic carbocycles. The van der Waals surface area contributed by atoms with Gasteiger partial charge in [0.15, 0.2) is 0 Å². The van der Waals surface area contributed by atoms with Gasteiger partial charge in [-0.05, 0) is 40.5 Å². The van der Waals surface area contributed by atoms with Crippen molar-refractivity contribution in [3.05, 3.63) is 59.2 Å². The van der Waals surface area contributed by atoms with Crippen molar-refractivity contribution in [2.75, 3.05) is 0 Å². The number of halogens is 3. The molecule has 1 heterocycles. The minimum Gasteiger partial charge on any atom is -0.297 e. The molecule has 0 radical (unpaired) electrons. The first-order valence-electron chi connectivity index (χ1n) is 5.44. The molecule has 0 atom stereocenters. The van der Waals surface area contributed by atoms with Gasteiger partial charge in [0, 0.05) is 9.50 Å². The van der Waals surface area contributed by atoms with E-state index < -0.39 is 11.2 Å². The van der Waals surface area contributed by atoms with E-state index in [4.69, 9.17) is 23.2 Å². The molecule has 0 aliphatic rings. The maximum Gasteiger partial charge on any atom is 0.334 e. The summed E-state index contributed by atoms with van der Waals surface area (Å²) >= 11 is 15.1. The van der Waals surface area contributed by atoms with Gasteiger partial charge in [-0.2, -0.15) is 0 Å². The van der Waals surface area contributed by atoms with E-state index in [1.54, 1.807) is 19.1 Å². The van der Waals surface area contributed by atoms with Crippen LogP contribution in [0.1, 0.15) is 12.5 Å². The van der Waals surface area contributed by atoms with Gasteiger partial charge in [0.25, 0.3) is 5.56 Å². The van der Waals surface area contributed by atoms with Crippen LogP contribution in [-0.2, 0) is 6.42 Å². The molecule has 19 heavy (non-hydrogen) atoms. The van der Waals surface area contributed by atoms with Crippen molar-refractivity contribution in [3.8, 4) is 5.69 Å². The first kappa shape index (κ1) is 14.4. The molecular weight excluding hydrogens is 355 g/mol. The monoisotopic (exact) mass is 362 g/mol. The molecule has 0 amide bonds. The zero-order valence-electron chi connectivity index (χ0n) is 9.84. The Balaban J connectivity index is 2.87. The van der Waals surface area contributed by atoms with Crippen LogP contribution in [0.3, 0.4) is 0 Å². The number of nitrogens with one attached hydrogen (secondary N) is 1. The molecule has 1 aromatic heterocycles. The maximum absolute atomic E-state index is 12.3. The summed E-state index contributed by atoms with van der Waals surface area (Å²) in [6.07, 6.45) is 0.423. The number of nitrogens with zero attached hydrogens (tertiary/aromatic N) is 1. The Bertz CT molecular complexity index is 752. The van der Waals surface area contributed by atoms with Crippen LogP contribution in [0.25, 0.3) is 5.69 Å². The number of hydrogen-bond donors (Lipinski definition) is 1. The Hall–Kier alpha value is -1.04. The third-order valence-electron chi connectivity index (χ3n) is 2.65. The van der Waals surface area contributed by atoms with Crippen molar-refractivity contribution in [2.45, 2.75) is 13.3 Å². The third kappa shape index (κ3) is 2.63. The summed E-state index contributed by atoms with van der Waals surface area (Å²) in [5, 5.41) is 0.504. The minimum absolute atomic E-state index is 0.0758. The lowest BCUT2D eigenvalue weighted by Gasteiger charge is -2.10. The van der Waals surface area contributed by atoms with Crippen molar-refractivity contribution < 1.29 is 0 Å². The number of rotatable bonds is 2. The molecule has 2 rings (SSSR count). The summed E-state index contributed by atoms with van der Waals surface area (Å²) in [6, 6.07) is 4.87. The molecule has 2 aromatic rings. The molecule has 0 saturated heterocycles. The molecule has 0 aliphatic carbocycles. The first-order chi connectivity index (χ1) is 8.95. The van der Waals surface area contributed by atoms with Crippen LogP contribution >= 0.6 is 39.1 Å². The third-order valence-corrected chi connectivity index (χ3v) is 3.88. The van der Waals surface area contributed by atoms with Gasteiger partial charge >= 0.3 is 5.69 Å². The van der Waals surface area contributed by atoms with Gasteiger partial charge in [-0.1, -0.05) is 30.1 Å². The predicted molar refractivity (Wildman–Crippen MR) is 79.8 cm³/mol. The summed E-state index contributed by atoms with van der Waals surface area (Å²) in [7, 11) is 0. The smallest absolute Gasteiger partial charge is 0.297 e. The van der Waals surface area contributed by atoms with Gasteiger partial charge in [0.2, 0.25) is 0 Å². The second-order valence-corrected chi connectivity index (χ2v) is 5.48. The lowest BCUT2D eigenvalue weighted by atomic mass is 10.2. The summed E-state index contributed by atoms with van der Waals surface area (Å²) in [5.74, 6) is 0. The van der Waals surface area contributed by atoms with E-state index in [2.05, 4.69) is 20.9 Å². The van der Waals surface area contributed by atoms with Crippen molar-refractivity contribution in [1.82, 2.24) is 9.55 Å². The average Bonchev–Trinajstić information content (AvgIpc) is 2.33. The lowest BCUT2D eigenvalue weighted by molar-refractivity contribution is 0.839. The fourth-order valence-electron chi connectivity index (χ4n) is 1.73. The van der Waals surface area contributed by atoms with Crippen LogP contribution in [0.5, 0.6) is 0 Å². The molecule has 0 unspecified atom stereocenters. The fourth-order valence-corrected chi connectivity index (χ4v) is 2.61. The van der Waals surface area contributed by atoms with Crippen LogP contribution in [0.2, 0.25) is 10.2 Å². The Labute approximate surface area is 127 Å². The molecule has 1 N–H and O–H groups in total. The summed E-state index contributed by atoms with van der Waals surface area (Å²) in [4.78, 5) is 26.7. The van der Waals surface area contributed by atoms with Gasteiger partial charge in [-0.3, -0.25) is 9.78 Å². The summed E-state index contributed by atoms with van der Waals surface area (Å²) in [5.41, 5.74) is -0.312. The van der Waals surface area contributed by atoms with E-state index in [0.29, 0.717) is 27.2 Å². The molecule has 0 bridgehead atoms. The standard InChI is InChI=1S/C12H9BrCl2N2O2/c1-2-7-10(15)16-12(19)17(11(7)18)9-5-6(14)3-4-8(9)13/h3-5H,2H2,1H3,(H,16,19). The van der Waals surface area contributed by atoms with Gasteiger partial charge in [-0.15, -0.1) is 0 Å². The second kappa shape index (κ2) is 5.53. The van der Waals surface area contributed by atoms with Crippen LogP contribution in [-0.4, -0.2) is 9.55 Å². The average molecular weight is 364 g/mol. The number of benzene rings is 1. The van der Waals surface area contributed by atoms with E-state index in [0.717, 1.165) is 4.57 Å². The van der Waals surface area contributed by atoms with Crippen LogP contribution in [0.4, 0.5) is 0 Å². The molecule has 7 heteroatoms. The SMILES string of the molecule is CCc1c(Cl)[nH]c(=O)n(-c2cc(Cl)ccc2Br)c1=O. The first-order valence-corrected chi connectivity index (χ1v) is 6.99. The largest absolute Gasteiger partial charge is 0.334 e. The van der Waals surface area contributed by atoms with Crippen molar-refractivity contribution in [1.29, 1.82) is 0 Å². The van der Waals surface area contributed by atoms with E-state index in [1.165, 1.54) is 6.07 Å². The highest BCUT2D eigenvalue weighted by atomic mass is 79.9. The maximum atomic E-state index is 12.3. The van der Waals surface area contributed by atoms with Crippen LogP contribution in [0.15, 0.2) is 32.3 Å². The van der Waals surface area contributed by atoms with E-state index >= 15 is 0 Å². The highest BCUT2D eigenvalue weighted by molar-refractivity contribution is 9.10. The quantitative estimate of drug-likeness (QED) is 0.833. The van der Waals surface area contributed by atoms with E-state index in [9.17, 15) is 9.59 Å². The Morgan fingerprint density at radius 3 is 2.63 bits per heavy atom. The van der Waals surface area contributed by atoms with Gasteiger partial charge in [0.1, 0.15) is 5.15 Å². The highest BCUT2D eigenvalue weighted by Crippen LogP contribution is 2.23. The number of hydrogen-bond acceptors (Lipinski definition) is 2. The van der Waals surface area contributed by atoms with Crippen LogP contribution in [0, 0.1) is 0 Å². The zero-order valence-corrected chi connectivity index (χ0v) is 12.9. The second-order valence-electron chi connectivity index (χ2n) is 3.81. The fraction of sp³-hybridized carbons (Fsp3) is 0.167. The van der Waals surface area contributed by atoms with Gasteiger partial charge in [0.05, 0.1) is 11.3 Å². The van der Waals surface area contributed by atoms with Crippen molar-refractivity contribution >= 4 is 39.1 Å². The van der Waals surface area contributed by atoms with Crippen LogP contribution < -0.4 is 11.2 Å². The zero-order chi connectivity index (χ0) is 14.2.